The van der Waals surface area contributed by atoms with E-state index in [9.17, 15) is 12.8 Å². The number of halogens is 2. The van der Waals surface area contributed by atoms with Gasteiger partial charge in [0.05, 0.1) is 10.6 Å². The van der Waals surface area contributed by atoms with E-state index >= 15 is 0 Å². The molecular formula is C13H12BrFN2O2S. The smallest absolute Gasteiger partial charge is 0.264 e. The Labute approximate surface area is 125 Å². The third-order valence-electron chi connectivity index (χ3n) is 2.80. The molecule has 20 heavy (non-hydrogen) atoms. The minimum atomic E-state index is -3.78. The summed E-state index contributed by atoms with van der Waals surface area (Å²) in [5.41, 5.74) is 6.25. The normalized spacial score (nSPS) is 11.3. The van der Waals surface area contributed by atoms with Gasteiger partial charge in [-0.15, -0.1) is 0 Å². The SMILES string of the molecule is CN(c1cccc(F)c1)S(=O)(=O)c1ccc(Br)c(N)c1. The van der Waals surface area contributed by atoms with Gasteiger partial charge in [-0.1, -0.05) is 6.07 Å². The van der Waals surface area contributed by atoms with Gasteiger partial charge in [-0.3, -0.25) is 4.31 Å². The predicted molar refractivity (Wildman–Crippen MR) is 80.5 cm³/mol. The average molecular weight is 359 g/mol. The number of anilines is 2. The van der Waals surface area contributed by atoms with Gasteiger partial charge in [0.2, 0.25) is 0 Å². The van der Waals surface area contributed by atoms with E-state index in [1.54, 1.807) is 6.07 Å². The van der Waals surface area contributed by atoms with Crippen LogP contribution >= 0.6 is 15.9 Å². The standard InChI is InChI=1S/C13H12BrFN2O2S/c1-17(10-4-2-3-9(15)7-10)20(18,19)11-5-6-12(14)13(16)8-11/h2-8H,16H2,1H3. The predicted octanol–water partition coefficient (Wildman–Crippen LogP) is 3.00. The van der Waals surface area contributed by atoms with Gasteiger partial charge < -0.3 is 5.73 Å². The van der Waals surface area contributed by atoms with Gasteiger partial charge in [-0.05, 0) is 52.3 Å². The molecule has 0 atom stereocenters. The van der Waals surface area contributed by atoms with Gasteiger partial charge in [0.25, 0.3) is 10.0 Å². The van der Waals surface area contributed by atoms with Crippen molar-refractivity contribution in [1.82, 2.24) is 0 Å². The van der Waals surface area contributed by atoms with Crippen molar-refractivity contribution in [2.45, 2.75) is 4.90 Å². The summed E-state index contributed by atoms with van der Waals surface area (Å²) in [6, 6.07) is 9.72. The molecule has 0 radical (unpaired) electrons. The quantitative estimate of drug-likeness (QED) is 0.857. The second kappa shape index (κ2) is 5.41. The van der Waals surface area contributed by atoms with E-state index in [-0.39, 0.29) is 10.6 Å². The van der Waals surface area contributed by atoms with Crippen molar-refractivity contribution in [3.8, 4) is 0 Å². The molecule has 0 aliphatic heterocycles. The van der Waals surface area contributed by atoms with Crippen LogP contribution in [-0.2, 0) is 10.0 Å². The van der Waals surface area contributed by atoms with Crippen LogP contribution in [0.1, 0.15) is 0 Å². The Bertz CT molecular complexity index is 750. The second-order valence-corrected chi connectivity index (χ2v) is 6.96. The molecule has 4 nitrogen and oxygen atoms in total. The summed E-state index contributed by atoms with van der Waals surface area (Å²) in [6.07, 6.45) is 0. The molecule has 106 valence electrons. The minimum absolute atomic E-state index is 0.0463. The summed E-state index contributed by atoms with van der Waals surface area (Å²) in [7, 11) is -2.42. The monoisotopic (exact) mass is 358 g/mol. The van der Waals surface area contributed by atoms with Crippen LogP contribution < -0.4 is 10.0 Å². The fourth-order valence-electron chi connectivity index (χ4n) is 1.65. The maximum absolute atomic E-state index is 13.2. The number of benzene rings is 2. The van der Waals surface area contributed by atoms with Crippen LogP contribution in [0.4, 0.5) is 15.8 Å². The number of nitrogens with two attached hydrogens (primary N) is 1. The van der Waals surface area contributed by atoms with E-state index < -0.39 is 15.8 Å². The Kier molecular flexibility index (Phi) is 4.01. The lowest BCUT2D eigenvalue weighted by Crippen LogP contribution is -2.26. The zero-order valence-electron chi connectivity index (χ0n) is 10.5. The lowest BCUT2D eigenvalue weighted by atomic mass is 10.3. The zero-order chi connectivity index (χ0) is 14.9. The Morgan fingerprint density at radius 2 is 1.90 bits per heavy atom. The van der Waals surface area contributed by atoms with E-state index in [1.165, 1.54) is 37.4 Å². The fraction of sp³-hybridized carbons (Fsp3) is 0.0769. The van der Waals surface area contributed by atoms with Crippen molar-refractivity contribution >= 4 is 37.3 Å². The van der Waals surface area contributed by atoms with Crippen LogP contribution in [0.25, 0.3) is 0 Å². The Hall–Kier alpha value is -1.60. The number of sulfonamides is 1. The molecular weight excluding hydrogens is 347 g/mol. The molecule has 2 rings (SSSR count). The first-order valence-corrected chi connectivity index (χ1v) is 7.85. The molecule has 0 unspecified atom stereocenters. The van der Waals surface area contributed by atoms with Crippen molar-refractivity contribution in [3.63, 3.8) is 0 Å². The molecule has 7 heteroatoms. The number of nitrogens with zero attached hydrogens (tertiary/aromatic N) is 1. The van der Waals surface area contributed by atoms with Crippen LogP contribution in [-0.4, -0.2) is 15.5 Å². The molecule has 0 aromatic heterocycles. The van der Waals surface area contributed by atoms with Gasteiger partial charge in [-0.25, -0.2) is 12.8 Å². The van der Waals surface area contributed by atoms with E-state index in [0.717, 1.165) is 10.4 Å². The number of nitrogen functional groups attached to an aromatic ring is 1. The summed E-state index contributed by atoms with van der Waals surface area (Å²) in [6.45, 7) is 0. The highest BCUT2D eigenvalue weighted by Gasteiger charge is 2.22. The van der Waals surface area contributed by atoms with Crippen molar-refractivity contribution < 1.29 is 12.8 Å². The number of hydrogen-bond donors (Lipinski definition) is 1. The lowest BCUT2D eigenvalue weighted by molar-refractivity contribution is 0.594. The fourth-order valence-corrected chi connectivity index (χ4v) is 3.12. The summed E-state index contributed by atoms with van der Waals surface area (Å²) in [5, 5.41) is 0. The van der Waals surface area contributed by atoms with E-state index in [4.69, 9.17) is 5.73 Å². The zero-order valence-corrected chi connectivity index (χ0v) is 12.9. The first-order chi connectivity index (χ1) is 9.32. The Morgan fingerprint density at radius 3 is 2.50 bits per heavy atom. The highest BCUT2D eigenvalue weighted by Crippen LogP contribution is 2.27. The van der Waals surface area contributed by atoms with Crippen LogP contribution in [0, 0.1) is 5.82 Å². The minimum Gasteiger partial charge on any atom is -0.398 e. The first-order valence-electron chi connectivity index (χ1n) is 5.62. The maximum atomic E-state index is 13.2. The van der Waals surface area contributed by atoms with Crippen LogP contribution in [0.2, 0.25) is 0 Å². The molecule has 2 aromatic rings. The third-order valence-corrected chi connectivity index (χ3v) is 5.30. The molecule has 0 saturated heterocycles. The highest BCUT2D eigenvalue weighted by molar-refractivity contribution is 9.10. The maximum Gasteiger partial charge on any atom is 0.264 e. The molecule has 2 aromatic carbocycles. The Morgan fingerprint density at radius 1 is 1.20 bits per heavy atom. The molecule has 0 heterocycles. The first kappa shape index (κ1) is 14.8. The van der Waals surface area contributed by atoms with E-state index in [2.05, 4.69) is 15.9 Å². The van der Waals surface area contributed by atoms with Crippen LogP contribution in [0.5, 0.6) is 0 Å². The van der Waals surface area contributed by atoms with Crippen molar-refractivity contribution in [2.24, 2.45) is 0 Å². The second-order valence-electron chi connectivity index (χ2n) is 4.14. The molecule has 0 spiro atoms. The molecule has 0 amide bonds. The van der Waals surface area contributed by atoms with Gasteiger partial charge in [0, 0.05) is 17.2 Å². The lowest BCUT2D eigenvalue weighted by Gasteiger charge is -2.19. The van der Waals surface area contributed by atoms with Crippen LogP contribution in [0.3, 0.4) is 0 Å². The summed E-state index contributed by atoms with van der Waals surface area (Å²) >= 11 is 3.20. The van der Waals surface area contributed by atoms with E-state index in [1.807, 2.05) is 0 Å². The summed E-state index contributed by atoms with van der Waals surface area (Å²) in [5.74, 6) is -0.500. The average Bonchev–Trinajstić information content (AvgIpc) is 2.40. The van der Waals surface area contributed by atoms with Gasteiger partial charge in [0.1, 0.15) is 5.82 Å². The van der Waals surface area contributed by atoms with Gasteiger partial charge in [-0.2, -0.15) is 0 Å². The van der Waals surface area contributed by atoms with E-state index in [0.29, 0.717) is 10.2 Å². The highest BCUT2D eigenvalue weighted by atomic mass is 79.9. The summed E-state index contributed by atoms with van der Waals surface area (Å²) in [4.78, 5) is 0.0463. The van der Waals surface area contributed by atoms with Crippen molar-refractivity contribution in [2.75, 3.05) is 17.1 Å². The Balaban J connectivity index is 2.46. The topological polar surface area (TPSA) is 63.4 Å². The summed E-state index contributed by atoms with van der Waals surface area (Å²) < 4.78 is 39.7. The van der Waals surface area contributed by atoms with Gasteiger partial charge in [0.15, 0.2) is 0 Å². The third kappa shape index (κ3) is 2.78. The van der Waals surface area contributed by atoms with Crippen molar-refractivity contribution in [1.29, 1.82) is 0 Å². The van der Waals surface area contributed by atoms with Crippen molar-refractivity contribution in [3.05, 3.63) is 52.8 Å². The molecule has 0 fully saturated rings. The number of hydrogen-bond acceptors (Lipinski definition) is 3. The molecule has 0 aliphatic rings. The number of rotatable bonds is 3. The van der Waals surface area contributed by atoms with Gasteiger partial charge >= 0.3 is 0 Å². The largest absolute Gasteiger partial charge is 0.398 e. The molecule has 0 bridgehead atoms. The molecule has 0 saturated carbocycles. The molecule has 0 aliphatic carbocycles. The van der Waals surface area contributed by atoms with Crippen LogP contribution in [0.15, 0.2) is 51.8 Å². The molecule has 2 N–H and O–H groups in total.